The van der Waals surface area contributed by atoms with Crippen molar-refractivity contribution in [1.82, 2.24) is 19.1 Å². The fraction of sp³-hybridized carbons (Fsp3) is 0. The Morgan fingerprint density at radius 2 is 0.833 bits per heavy atom. The lowest BCUT2D eigenvalue weighted by molar-refractivity contribution is 0.996. The molecular formula is C56H34N4. The van der Waals surface area contributed by atoms with Crippen molar-refractivity contribution in [3.63, 3.8) is 0 Å². The molecule has 0 saturated carbocycles. The van der Waals surface area contributed by atoms with Gasteiger partial charge in [0.05, 0.1) is 33.5 Å². The summed E-state index contributed by atoms with van der Waals surface area (Å²) in [4.78, 5) is 10.6. The highest BCUT2D eigenvalue weighted by molar-refractivity contribution is 6.28. The maximum atomic E-state index is 5.30. The molecule has 4 nitrogen and oxygen atoms in total. The Kier molecular flexibility index (Phi) is 6.98. The SMILES string of the molecule is c1ccc(-c2cc3ccc4cc(-c5ccc6c7c5ccc5cccc(c57)n6-c5nc(-c6ccccc6)cc(-c6ccccc6)n5)cc5c4c3c(c2)n5-c2ccccc2)cc1. The summed E-state index contributed by atoms with van der Waals surface area (Å²) in [6, 6.07) is 74.3. The molecule has 4 heteroatoms. The van der Waals surface area contributed by atoms with Gasteiger partial charge in [0, 0.05) is 38.4 Å². The first-order chi connectivity index (χ1) is 29.7. The third-order valence-electron chi connectivity index (χ3n) is 12.4. The first-order valence-electron chi connectivity index (χ1n) is 20.5. The van der Waals surface area contributed by atoms with Crippen LogP contribution in [0.2, 0.25) is 0 Å². The van der Waals surface area contributed by atoms with E-state index in [1.54, 1.807) is 0 Å². The lowest BCUT2D eigenvalue weighted by Crippen LogP contribution is -2.04. The molecule has 0 N–H and O–H groups in total. The molecule has 10 aromatic carbocycles. The van der Waals surface area contributed by atoms with Crippen LogP contribution in [0.1, 0.15) is 0 Å². The summed E-state index contributed by atoms with van der Waals surface area (Å²) in [6.45, 7) is 0. The molecule has 0 aliphatic carbocycles. The molecule has 0 bridgehead atoms. The Morgan fingerprint density at radius 1 is 0.300 bits per heavy atom. The van der Waals surface area contributed by atoms with Gasteiger partial charge in [0.1, 0.15) is 0 Å². The van der Waals surface area contributed by atoms with Gasteiger partial charge in [-0.1, -0.05) is 152 Å². The Labute approximate surface area is 345 Å². The van der Waals surface area contributed by atoms with Crippen LogP contribution in [0.25, 0.3) is 122 Å². The lowest BCUT2D eigenvalue weighted by atomic mass is 9.92. The molecule has 3 heterocycles. The molecule has 0 spiro atoms. The fourth-order valence-electron chi connectivity index (χ4n) is 9.78. The van der Waals surface area contributed by atoms with Gasteiger partial charge < -0.3 is 4.57 Å². The predicted molar refractivity (Wildman–Crippen MR) is 250 cm³/mol. The molecule has 0 fully saturated rings. The lowest BCUT2D eigenvalue weighted by Gasteiger charge is -2.13. The topological polar surface area (TPSA) is 35.6 Å². The minimum absolute atomic E-state index is 0.655. The van der Waals surface area contributed by atoms with E-state index in [9.17, 15) is 0 Å². The standard InChI is InChI=1S/C56H34N4/c1-5-14-35(15-6-1)41-30-39-24-25-40-31-42(33-51-54(40)53(39)50(32-41)59(51)43-21-11-4-12-22-43)44-28-29-49-55-45(44)27-26-38-20-13-23-48(52(38)55)60(49)56-57-46(36-16-7-2-8-17-36)34-47(58-56)37-18-9-3-10-19-37/h1-34H. The van der Waals surface area contributed by atoms with Crippen molar-refractivity contribution in [2.75, 3.05) is 0 Å². The van der Waals surface area contributed by atoms with Crippen LogP contribution >= 0.6 is 0 Å². The van der Waals surface area contributed by atoms with Crippen molar-refractivity contribution >= 4 is 65.2 Å². The predicted octanol–water partition coefficient (Wildman–Crippen LogP) is 14.5. The highest BCUT2D eigenvalue weighted by Crippen LogP contribution is 2.46. The van der Waals surface area contributed by atoms with Crippen molar-refractivity contribution in [2.45, 2.75) is 0 Å². The van der Waals surface area contributed by atoms with E-state index in [4.69, 9.17) is 9.97 Å². The van der Waals surface area contributed by atoms with Crippen LogP contribution in [-0.2, 0) is 0 Å². The van der Waals surface area contributed by atoms with Gasteiger partial charge in [-0.15, -0.1) is 0 Å². The normalized spacial score (nSPS) is 12.0. The number of rotatable bonds is 6. The van der Waals surface area contributed by atoms with Gasteiger partial charge >= 0.3 is 0 Å². The fourth-order valence-corrected chi connectivity index (χ4v) is 9.78. The molecule has 0 aliphatic rings. The van der Waals surface area contributed by atoms with Crippen LogP contribution < -0.4 is 0 Å². The van der Waals surface area contributed by atoms with E-state index in [1.807, 2.05) is 12.1 Å². The average molecular weight is 763 g/mol. The van der Waals surface area contributed by atoms with Crippen LogP contribution in [0.5, 0.6) is 0 Å². The van der Waals surface area contributed by atoms with Gasteiger partial charge in [0.2, 0.25) is 5.95 Å². The van der Waals surface area contributed by atoms with Crippen molar-refractivity contribution in [3.05, 3.63) is 206 Å². The minimum Gasteiger partial charge on any atom is -0.309 e. The second kappa shape index (κ2) is 12.7. The Balaban J connectivity index is 1.07. The number of benzene rings is 10. The second-order valence-electron chi connectivity index (χ2n) is 15.8. The van der Waals surface area contributed by atoms with E-state index < -0.39 is 0 Å². The Bertz CT molecular complexity index is 3680. The molecule has 0 unspecified atom stereocenters. The zero-order valence-corrected chi connectivity index (χ0v) is 32.4. The second-order valence-corrected chi connectivity index (χ2v) is 15.8. The zero-order valence-electron chi connectivity index (χ0n) is 32.4. The van der Waals surface area contributed by atoms with Crippen molar-refractivity contribution < 1.29 is 0 Å². The van der Waals surface area contributed by atoms with Gasteiger partial charge in [-0.3, -0.25) is 4.57 Å². The van der Waals surface area contributed by atoms with Crippen LogP contribution in [-0.4, -0.2) is 19.1 Å². The van der Waals surface area contributed by atoms with Crippen molar-refractivity contribution in [1.29, 1.82) is 0 Å². The summed E-state index contributed by atoms with van der Waals surface area (Å²) >= 11 is 0. The van der Waals surface area contributed by atoms with Gasteiger partial charge in [-0.05, 0) is 98.4 Å². The quantitative estimate of drug-likeness (QED) is 0.158. The third-order valence-corrected chi connectivity index (χ3v) is 12.4. The monoisotopic (exact) mass is 762 g/mol. The van der Waals surface area contributed by atoms with Crippen LogP contribution in [0, 0.1) is 0 Å². The Hall–Kier alpha value is -8.08. The van der Waals surface area contributed by atoms with E-state index in [2.05, 4.69) is 203 Å². The first-order valence-corrected chi connectivity index (χ1v) is 20.5. The number of aromatic nitrogens is 4. The zero-order chi connectivity index (χ0) is 39.3. The minimum atomic E-state index is 0.655. The summed E-state index contributed by atoms with van der Waals surface area (Å²) in [5, 5.41) is 9.93. The highest BCUT2D eigenvalue weighted by Gasteiger charge is 2.24. The molecule has 13 aromatic rings. The maximum absolute atomic E-state index is 5.30. The molecule has 0 radical (unpaired) electrons. The van der Waals surface area contributed by atoms with E-state index in [0.717, 1.165) is 39.2 Å². The van der Waals surface area contributed by atoms with Gasteiger partial charge in [0.15, 0.2) is 0 Å². The van der Waals surface area contributed by atoms with Gasteiger partial charge in [-0.25, -0.2) is 9.97 Å². The highest BCUT2D eigenvalue weighted by atomic mass is 15.2. The molecule has 0 saturated heterocycles. The van der Waals surface area contributed by atoms with Crippen molar-refractivity contribution in [3.8, 4) is 56.4 Å². The number of nitrogens with zero attached hydrogens (tertiary/aromatic N) is 4. The summed E-state index contributed by atoms with van der Waals surface area (Å²) in [7, 11) is 0. The van der Waals surface area contributed by atoms with Gasteiger partial charge in [-0.2, -0.15) is 0 Å². The van der Waals surface area contributed by atoms with Gasteiger partial charge in [0.25, 0.3) is 0 Å². The van der Waals surface area contributed by atoms with E-state index in [1.165, 1.54) is 76.4 Å². The molecule has 0 amide bonds. The molecule has 0 atom stereocenters. The summed E-state index contributed by atoms with van der Waals surface area (Å²) in [6.07, 6.45) is 0. The molecule has 13 rings (SSSR count). The number of hydrogen-bond donors (Lipinski definition) is 0. The maximum Gasteiger partial charge on any atom is 0.235 e. The summed E-state index contributed by atoms with van der Waals surface area (Å²) < 4.78 is 4.73. The number of para-hydroxylation sites is 1. The molecule has 0 aliphatic heterocycles. The van der Waals surface area contributed by atoms with Crippen molar-refractivity contribution in [2.24, 2.45) is 0 Å². The van der Waals surface area contributed by atoms with Crippen LogP contribution in [0.3, 0.4) is 0 Å². The first kappa shape index (κ1) is 32.9. The molecule has 60 heavy (non-hydrogen) atoms. The van der Waals surface area contributed by atoms with Crippen LogP contribution in [0.4, 0.5) is 0 Å². The number of hydrogen-bond acceptors (Lipinski definition) is 2. The molecule has 3 aromatic heterocycles. The van der Waals surface area contributed by atoms with E-state index >= 15 is 0 Å². The third kappa shape index (κ3) is 4.85. The Morgan fingerprint density at radius 3 is 1.48 bits per heavy atom. The summed E-state index contributed by atoms with van der Waals surface area (Å²) in [5.74, 6) is 0.655. The average Bonchev–Trinajstić information content (AvgIpc) is 3.85. The molecule has 278 valence electrons. The van der Waals surface area contributed by atoms with Crippen LogP contribution in [0.15, 0.2) is 206 Å². The smallest absolute Gasteiger partial charge is 0.235 e. The van der Waals surface area contributed by atoms with E-state index in [-0.39, 0.29) is 0 Å². The molecular weight excluding hydrogens is 729 g/mol. The largest absolute Gasteiger partial charge is 0.309 e. The summed E-state index contributed by atoms with van der Waals surface area (Å²) in [5.41, 5.74) is 14.4. The van der Waals surface area contributed by atoms with E-state index in [0.29, 0.717) is 5.95 Å².